The molecule has 0 aliphatic carbocycles. The highest BCUT2D eigenvalue weighted by Crippen LogP contribution is 2.36. The molecule has 0 unspecified atom stereocenters. The van der Waals surface area contributed by atoms with E-state index >= 15 is 0 Å². The van der Waals surface area contributed by atoms with Gasteiger partial charge in [-0.05, 0) is 24.3 Å². The van der Waals surface area contributed by atoms with Gasteiger partial charge in [-0.2, -0.15) is 0 Å². The van der Waals surface area contributed by atoms with Crippen molar-refractivity contribution in [2.45, 2.75) is 6.92 Å². The number of fused-ring (bicyclic) bond motifs is 1. The largest absolute Gasteiger partial charge is 0.480 e. The number of ether oxygens (including phenoxy) is 1. The summed E-state index contributed by atoms with van der Waals surface area (Å²) in [7, 11) is 1.54. The topological polar surface area (TPSA) is 106 Å². The first-order chi connectivity index (χ1) is 13.2. The minimum atomic E-state index is -0.181. The average molecular weight is 360 g/mol. The van der Waals surface area contributed by atoms with E-state index in [1.54, 1.807) is 38.0 Å². The number of H-pyrrole nitrogens is 1. The quantitative estimate of drug-likeness (QED) is 0.579. The molecule has 0 atom stereocenters. The van der Waals surface area contributed by atoms with E-state index < -0.39 is 0 Å². The van der Waals surface area contributed by atoms with Gasteiger partial charge in [0.25, 0.3) is 0 Å². The van der Waals surface area contributed by atoms with Crippen LogP contribution in [0.25, 0.3) is 33.5 Å². The van der Waals surface area contributed by atoms with Crippen molar-refractivity contribution < 1.29 is 9.53 Å². The fourth-order valence-electron chi connectivity index (χ4n) is 2.87. The van der Waals surface area contributed by atoms with Crippen molar-refractivity contribution in [3.05, 3.63) is 49.1 Å². The van der Waals surface area contributed by atoms with Crippen LogP contribution in [0, 0.1) is 0 Å². The number of anilines is 1. The summed E-state index contributed by atoms with van der Waals surface area (Å²) in [5.41, 5.74) is 4.80. The molecule has 0 fully saturated rings. The van der Waals surface area contributed by atoms with Crippen molar-refractivity contribution in [3.63, 3.8) is 0 Å². The van der Waals surface area contributed by atoms with Gasteiger partial charge in [0, 0.05) is 24.9 Å². The Kier molecular flexibility index (Phi) is 4.21. The van der Waals surface area contributed by atoms with Crippen LogP contribution in [0.5, 0.6) is 5.88 Å². The maximum Gasteiger partial charge on any atom is 0.232 e. The van der Waals surface area contributed by atoms with Gasteiger partial charge in [-0.1, -0.05) is 0 Å². The van der Waals surface area contributed by atoms with Gasteiger partial charge in [0.05, 0.1) is 47.5 Å². The minimum Gasteiger partial charge on any atom is -0.480 e. The molecule has 4 aromatic rings. The Balaban J connectivity index is 1.91. The molecule has 0 radical (unpaired) electrons. The number of nitrogens with one attached hydrogen (secondary N) is 2. The van der Waals surface area contributed by atoms with Crippen LogP contribution < -0.4 is 10.1 Å². The normalized spacial score (nSPS) is 10.7. The monoisotopic (exact) mass is 360 g/mol. The standard InChI is InChI=1S/C19H16N6O2/c1-11(26)24-15-8-12(5-7-20-15)18-17(14-9-23-16(27-2)10-22-14)19-13(25-18)4-3-6-21-19/h3-10,25H,1-2H3,(H,20,24,26). The molecule has 0 saturated heterocycles. The van der Waals surface area contributed by atoms with Crippen molar-refractivity contribution in [1.29, 1.82) is 0 Å². The Labute approximate surface area is 154 Å². The van der Waals surface area contributed by atoms with Crippen molar-refractivity contribution in [1.82, 2.24) is 24.9 Å². The van der Waals surface area contributed by atoms with E-state index in [-0.39, 0.29) is 5.91 Å². The number of methoxy groups -OCH3 is 1. The van der Waals surface area contributed by atoms with Crippen LogP contribution in [0.3, 0.4) is 0 Å². The molecule has 0 spiro atoms. The second-order valence-electron chi connectivity index (χ2n) is 5.83. The third-order valence-electron chi connectivity index (χ3n) is 4.00. The molecule has 0 aliphatic rings. The molecule has 134 valence electrons. The SMILES string of the molecule is COc1cnc(-c2c(-c3ccnc(NC(C)=O)c3)[nH]c3cccnc23)cn1. The van der Waals surface area contributed by atoms with E-state index in [9.17, 15) is 4.79 Å². The summed E-state index contributed by atoms with van der Waals surface area (Å²) >= 11 is 0. The molecular formula is C19H16N6O2. The zero-order chi connectivity index (χ0) is 18.8. The fraction of sp³-hybridized carbons (Fsp3) is 0.105. The van der Waals surface area contributed by atoms with Crippen LogP contribution >= 0.6 is 0 Å². The lowest BCUT2D eigenvalue weighted by atomic mass is 10.1. The number of carbonyl (C=O) groups excluding carboxylic acids is 1. The molecule has 27 heavy (non-hydrogen) atoms. The highest BCUT2D eigenvalue weighted by molar-refractivity contribution is 6.00. The Morgan fingerprint density at radius 2 is 2.00 bits per heavy atom. The Hall–Kier alpha value is -3.81. The summed E-state index contributed by atoms with van der Waals surface area (Å²) in [4.78, 5) is 32.1. The predicted octanol–water partition coefficient (Wildman–Crippen LogP) is 3.05. The molecule has 8 heteroatoms. The number of amides is 1. The summed E-state index contributed by atoms with van der Waals surface area (Å²) in [6, 6.07) is 7.46. The highest BCUT2D eigenvalue weighted by Gasteiger charge is 2.18. The second-order valence-corrected chi connectivity index (χ2v) is 5.83. The Morgan fingerprint density at radius 1 is 1.11 bits per heavy atom. The van der Waals surface area contributed by atoms with Gasteiger partial charge in [-0.25, -0.2) is 15.0 Å². The molecule has 0 saturated carbocycles. The average Bonchev–Trinajstić information content (AvgIpc) is 3.07. The van der Waals surface area contributed by atoms with Crippen LogP contribution in [0.2, 0.25) is 0 Å². The number of rotatable bonds is 4. The lowest BCUT2D eigenvalue weighted by Gasteiger charge is -2.07. The van der Waals surface area contributed by atoms with Crippen LogP contribution in [-0.4, -0.2) is 37.9 Å². The van der Waals surface area contributed by atoms with Crippen molar-refractivity contribution in [2.24, 2.45) is 0 Å². The summed E-state index contributed by atoms with van der Waals surface area (Å²) in [5.74, 6) is 0.725. The first kappa shape index (κ1) is 16.6. The molecule has 2 N–H and O–H groups in total. The van der Waals surface area contributed by atoms with Gasteiger partial charge >= 0.3 is 0 Å². The van der Waals surface area contributed by atoms with Gasteiger partial charge in [0.2, 0.25) is 11.8 Å². The molecular weight excluding hydrogens is 344 g/mol. The zero-order valence-corrected chi connectivity index (χ0v) is 14.7. The van der Waals surface area contributed by atoms with Gasteiger partial charge < -0.3 is 15.0 Å². The molecule has 0 aromatic carbocycles. The van der Waals surface area contributed by atoms with Crippen LogP contribution in [0.15, 0.2) is 49.1 Å². The molecule has 8 nitrogen and oxygen atoms in total. The van der Waals surface area contributed by atoms with E-state index in [0.29, 0.717) is 17.4 Å². The van der Waals surface area contributed by atoms with Gasteiger partial charge in [-0.3, -0.25) is 9.78 Å². The minimum absolute atomic E-state index is 0.181. The zero-order valence-electron chi connectivity index (χ0n) is 14.7. The number of carbonyl (C=O) groups is 1. The molecule has 0 aliphatic heterocycles. The molecule has 0 bridgehead atoms. The summed E-state index contributed by atoms with van der Waals surface area (Å²) in [5, 5.41) is 2.70. The second kappa shape index (κ2) is 6.83. The highest BCUT2D eigenvalue weighted by atomic mass is 16.5. The Bertz CT molecular complexity index is 1120. The van der Waals surface area contributed by atoms with Gasteiger partial charge in [0.1, 0.15) is 5.82 Å². The van der Waals surface area contributed by atoms with Crippen LogP contribution in [0.1, 0.15) is 6.92 Å². The molecule has 1 amide bonds. The first-order valence-corrected chi connectivity index (χ1v) is 8.23. The van der Waals surface area contributed by atoms with Crippen molar-refractivity contribution in [3.8, 4) is 28.4 Å². The molecule has 4 rings (SSSR count). The number of nitrogens with zero attached hydrogens (tertiary/aromatic N) is 4. The maximum atomic E-state index is 11.4. The number of pyridine rings is 2. The number of aromatic nitrogens is 5. The van der Waals surface area contributed by atoms with E-state index in [1.165, 1.54) is 6.92 Å². The van der Waals surface area contributed by atoms with Crippen molar-refractivity contribution >= 4 is 22.8 Å². The maximum absolute atomic E-state index is 11.4. The Morgan fingerprint density at radius 3 is 2.74 bits per heavy atom. The van der Waals surface area contributed by atoms with E-state index in [2.05, 4.69) is 30.2 Å². The number of hydrogen-bond donors (Lipinski definition) is 2. The smallest absolute Gasteiger partial charge is 0.232 e. The fourth-order valence-corrected chi connectivity index (χ4v) is 2.87. The molecule has 4 heterocycles. The third-order valence-corrected chi connectivity index (χ3v) is 4.00. The lowest BCUT2D eigenvalue weighted by Crippen LogP contribution is -2.07. The third kappa shape index (κ3) is 3.20. The van der Waals surface area contributed by atoms with E-state index in [4.69, 9.17) is 4.74 Å². The van der Waals surface area contributed by atoms with Gasteiger partial charge in [0.15, 0.2) is 0 Å². The predicted molar refractivity (Wildman–Crippen MR) is 101 cm³/mol. The summed E-state index contributed by atoms with van der Waals surface area (Å²) in [6.07, 6.45) is 6.59. The van der Waals surface area contributed by atoms with E-state index in [0.717, 1.165) is 27.9 Å². The summed E-state index contributed by atoms with van der Waals surface area (Å²) < 4.78 is 5.10. The number of aromatic amines is 1. The van der Waals surface area contributed by atoms with Crippen LogP contribution in [-0.2, 0) is 4.79 Å². The van der Waals surface area contributed by atoms with Crippen LogP contribution in [0.4, 0.5) is 5.82 Å². The van der Waals surface area contributed by atoms with Crippen molar-refractivity contribution in [2.75, 3.05) is 12.4 Å². The lowest BCUT2D eigenvalue weighted by molar-refractivity contribution is -0.114. The number of hydrogen-bond acceptors (Lipinski definition) is 6. The molecule has 4 aromatic heterocycles. The summed E-state index contributed by atoms with van der Waals surface area (Å²) in [6.45, 7) is 1.44. The van der Waals surface area contributed by atoms with Gasteiger partial charge in [-0.15, -0.1) is 0 Å². The first-order valence-electron chi connectivity index (χ1n) is 8.23. The van der Waals surface area contributed by atoms with E-state index in [1.807, 2.05) is 18.2 Å².